The van der Waals surface area contributed by atoms with Crippen molar-refractivity contribution in [1.29, 1.82) is 5.41 Å². The smallest absolute Gasteiger partial charge is 0.384 e. The van der Waals surface area contributed by atoms with Crippen LogP contribution in [-0.2, 0) is 10.9 Å². The van der Waals surface area contributed by atoms with Gasteiger partial charge in [0.25, 0.3) is 0 Å². The minimum absolute atomic E-state index is 0.0387. The molecular weight excluding hydrogens is 271 g/mol. The van der Waals surface area contributed by atoms with Crippen molar-refractivity contribution >= 4 is 11.5 Å². The number of hydrogen-bond acceptors (Lipinski definition) is 3. The molecule has 1 aromatic rings. The van der Waals surface area contributed by atoms with E-state index in [1.165, 1.54) is 6.07 Å². The SMILES string of the molecule is COC1CCN(c2ccc(C(=N)N)c(C(F)(F)F)c2)C1. The molecule has 0 radical (unpaired) electrons. The fraction of sp³-hybridized carbons (Fsp3) is 0.462. The molecule has 1 heterocycles. The molecule has 20 heavy (non-hydrogen) atoms. The summed E-state index contributed by atoms with van der Waals surface area (Å²) in [5.41, 5.74) is 4.52. The van der Waals surface area contributed by atoms with Gasteiger partial charge in [-0.2, -0.15) is 13.2 Å². The van der Waals surface area contributed by atoms with Crippen molar-refractivity contribution in [3.05, 3.63) is 29.3 Å². The highest BCUT2D eigenvalue weighted by atomic mass is 19.4. The highest BCUT2D eigenvalue weighted by Crippen LogP contribution is 2.35. The molecule has 1 aliphatic rings. The van der Waals surface area contributed by atoms with E-state index in [1.54, 1.807) is 13.2 Å². The van der Waals surface area contributed by atoms with Crippen molar-refractivity contribution < 1.29 is 17.9 Å². The van der Waals surface area contributed by atoms with E-state index in [0.29, 0.717) is 18.8 Å². The summed E-state index contributed by atoms with van der Waals surface area (Å²) in [4.78, 5) is 1.84. The zero-order valence-electron chi connectivity index (χ0n) is 11.0. The van der Waals surface area contributed by atoms with E-state index in [-0.39, 0.29) is 11.7 Å². The van der Waals surface area contributed by atoms with Crippen LogP contribution in [0.3, 0.4) is 0 Å². The first kappa shape index (κ1) is 14.6. The number of nitrogens with two attached hydrogens (primary N) is 1. The fourth-order valence-electron chi connectivity index (χ4n) is 2.35. The van der Waals surface area contributed by atoms with Gasteiger partial charge in [0, 0.05) is 31.5 Å². The van der Waals surface area contributed by atoms with Crippen LogP contribution in [0, 0.1) is 5.41 Å². The average molecular weight is 287 g/mol. The fourth-order valence-corrected chi connectivity index (χ4v) is 2.35. The summed E-state index contributed by atoms with van der Waals surface area (Å²) in [6.07, 6.45) is -3.71. The number of methoxy groups -OCH3 is 1. The summed E-state index contributed by atoms with van der Waals surface area (Å²) in [6.45, 7) is 1.21. The number of halogens is 3. The van der Waals surface area contributed by atoms with Crippen molar-refractivity contribution in [3.8, 4) is 0 Å². The quantitative estimate of drug-likeness (QED) is 0.662. The number of benzene rings is 1. The van der Waals surface area contributed by atoms with Crippen LogP contribution in [0.4, 0.5) is 18.9 Å². The number of hydrogen-bond donors (Lipinski definition) is 2. The lowest BCUT2D eigenvalue weighted by molar-refractivity contribution is -0.137. The Morgan fingerprint density at radius 2 is 2.15 bits per heavy atom. The second-order valence-electron chi connectivity index (χ2n) is 4.73. The molecule has 1 atom stereocenters. The predicted molar refractivity (Wildman–Crippen MR) is 70.1 cm³/mol. The second-order valence-corrected chi connectivity index (χ2v) is 4.73. The minimum Gasteiger partial charge on any atom is -0.384 e. The number of ether oxygens (including phenoxy) is 1. The summed E-state index contributed by atoms with van der Waals surface area (Å²) in [6, 6.07) is 3.86. The average Bonchev–Trinajstić information content (AvgIpc) is 2.85. The Bertz CT molecular complexity index is 516. The lowest BCUT2D eigenvalue weighted by Crippen LogP contribution is -2.24. The number of anilines is 1. The van der Waals surface area contributed by atoms with E-state index in [2.05, 4.69) is 0 Å². The maximum absolute atomic E-state index is 13.0. The van der Waals surface area contributed by atoms with Crippen molar-refractivity contribution in [2.45, 2.75) is 18.7 Å². The number of rotatable bonds is 3. The highest BCUT2D eigenvalue weighted by Gasteiger charge is 2.35. The van der Waals surface area contributed by atoms with Crippen LogP contribution in [0.15, 0.2) is 18.2 Å². The number of nitrogens with zero attached hydrogens (tertiary/aromatic N) is 1. The third kappa shape index (κ3) is 2.87. The Kier molecular flexibility index (Phi) is 3.89. The zero-order chi connectivity index (χ0) is 14.9. The van der Waals surface area contributed by atoms with Crippen LogP contribution >= 0.6 is 0 Å². The van der Waals surface area contributed by atoms with Gasteiger partial charge in [-0.15, -0.1) is 0 Å². The molecule has 1 unspecified atom stereocenters. The van der Waals surface area contributed by atoms with Gasteiger partial charge in [0.05, 0.1) is 11.7 Å². The summed E-state index contributed by atoms with van der Waals surface area (Å²) in [7, 11) is 1.59. The number of nitrogens with one attached hydrogen (secondary N) is 1. The van der Waals surface area contributed by atoms with E-state index in [4.69, 9.17) is 15.9 Å². The normalized spacial score (nSPS) is 19.4. The Labute approximate surface area is 114 Å². The predicted octanol–water partition coefficient (Wildman–Crippen LogP) is 2.21. The minimum atomic E-state index is -4.53. The van der Waals surface area contributed by atoms with Crippen LogP contribution < -0.4 is 10.6 Å². The summed E-state index contributed by atoms with van der Waals surface area (Å²) < 4.78 is 44.3. The molecule has 0 amide bonds. The number of amidine groups is 1. The standard InChI is InChI=1S/C13H16F3N3O/c1-20-9-4-5-19(7-9)8-2-3-10(12(17)18)11(6-8)13(14,15)16/h2-3,6,9H,4-5,7H2,1H3,(H3,17,18). The largest absolute Gasteiger partial charge is 0.417 e. The molecule has 3 N–H and O–H groups in total. The molecule has 1 saturated heterocycles. The lowest BCUT2D eigenvalue weighted by Gasteiger charge is -2.21. The Balaban J connectivity index is 2.35. The summed E-state index contributed by atoms with van der Waals surface area (Å²) >= 11 is 0. The van der Waals surface area contributed by atoms with Gasteiger partial charge in [0.1, 0.15) is 5.84 Å². The molecular formula is C13H16F3N3O. The lowest BCUT2D eigenvalue weighted by atomic mass is 10.0. The van der Waals surface area contributed by atoms with E-state index < -0.39 is 17.6 Å². The molecule has 1 aliphatic heterocycles. The monoisotopic (exact) mass is 287 g/mol. The van der Waals surface area contributed by atoms with Crippen LogP contribution in [-0.4, -0.2) is 32.1 Å². The van der Waals surface area contributed by atoms with Crippen molar-refractivity contribution in [1.82, 2.24) is 0 Å². The van der Waals surface area contributed by atoms with E-state index in [0.717, 1.165) is 12.5 Å². The summed E-state index contributed by atoms with van der Waals surface area (Å²) in [5.74, 6) is -0.583. The van der Waals surface area contributed by atoms with Crippen molar-refractivity contribution in [3.63, 3.8) is 0 Å². The van der Waals surface area contributed by atoms with E-state index >= 15 is 0 Å². The molecule has 110 valence electrons. The van der Waals surface area contributed by atoms with Gasteiger partial charge in [-0.3, -0.25) is 5.41 Å². The Morgan fingerprint density at radius 1 is 1.45 bits per heavy atom. The maximum atomic E-state index is 13.0. The molecule has 7 heteroatoms. The van der Waals surface area contributed by atoms with E-state index in [1.807, 2.05) is 4.90 Å². The topological polar surface area (TPSA) is 62.3 Å². The number of nitrogen functional groups attached to an aromatic ring is 1. The molecule has 2 rings (SSSR count). The molecule has 0 aromatic heterocycles. The van der Waals surface area contributed by atoms with Gasteiger partial charge in [-0.05, 0) is 24.6 Å². The molecule has 1 aromatic carbocycles. The number of alkyl halides is 3. The van der Waals surface area contributed by atoms with Gasteiger partial charge >= 0.3 is 6.18 Å². The first-order valence-electron chi connectivity index (χ1n) is 6.16. The van der Waals surface area contributed by atoms with Gasteiger partial charge in [-0.1, -0.05) is 0 Å². The zero-order valence-corrected chi connectivity index (χ0v) is 11.0. The molecule has 0 saturated carbocycles. The molecule has 0 bridgehead atoms. The maximum Gasteiger partial charge on any atom is 0.417 e. The molecule has 0 spiro atoms. The van der Waals surface area contributed by atoms with Crippen LogP contribution in [0.25, 0.3) is 0 Å². The van der Waals surface area contributed by atoms with Crippen molar-refractivity contribution in [2.75, 3.05) is 25.1 Å². The Morgan fingerprint density at radius 3 is 2.65 bits per heavy atom. The highest BCUT2D eigenvalue weighted by molar-refractivity contribution is 5.97. The molecule has 1 fully saturated rings. The second kappa shape index (κ2) is 5.32. The van der Waals surface area contributed by atoms with Gasteiger partial charge in [0.15, 0.2) is 0 Å². The van der Waals surface area contributed by atoms with Gasteiger partial charge in [0.2, 0.25) is 0 Å². The van der Waals surface area contributed by atoms with Crippen LogP contribution in [0.1, 0.15) is 17.5 Å². The van der Waals surface area contributed by atoms with Gasteiger partial charge in [-0.25, -0.2) is 0 Å². The molecule has 0 aliphatic carbocycles. The van der Waals surface area contributed by atoms with Crippen LogP contribution in [0.2, 0.25) is 0 Å². The summed E-state index contributed by atoms with van der Waals surface area (Å²) in [5, 5.41) is 7.24. The Hall–Kier alpha value is -1.76. The first-order valence-corrected chi connectivity index (χ1v) is 6.16. The first-order chi connectivity index (χ1) is 9.32. The van der Waals surface area contributed by atoms with Gasteiger partial charge < -0.3 is 15.4 Å². The third-order valence-corrected chi connectivity index (χ3v) is 3.44. The van der Waals surface area contributed by atoms with E-state index in [9.17, 15) is 13.2 Å². The van der Waals surface area contributed by atoms with Crippen LogP contribution in [0.5, 0.6) is 0 Å². The van der Waals surface area contributed by atoms with Crippen molar-refractivity contribution in [2.24, 2.45) is 5.73 Å². The molecule has 4 nitrogen and oxygen atoms in total. The third-order valence-electron chi connectivity index (χ3n) is 3.44.